The number of thioether (sulfide) groups is 1. The molecule has 0 saturated heterocycles. The van der Waals surface area contributed by atoms with E-state index in [1.54, 1.807) is 22.3 Å². The Morgan fingerprint density at radius 2 is 1.79 bits per heavy atom. The number of fused-ring (bicyclic) bond motifs is 1. The topological polar surface area (TPSA) is 49.0 Å². The van der Waals surface area contributed by atoms with Gasteiger partial charge in [-0.3, -0.25) is 13.9 Å². The Hall–Kier alpha value is -3.27. The van der Waals surface area contributed by atoms with Gasteiger partial charge in [-0.15, -0.1) is 0 Å². The number of benzene rings is 3. The quantitative estimate of drug-likeness (QED) is 0.151. The third-order valence-electron chi connectivity index (χ3n) is 5.17. The molecule has 9 heteroatoms. The number of rotatable bonds is 6. The average Bonchev–Trinajstić information content (AvgIpc) is 3.19. The van der Waals surface area contributed by atoms with E-state index in [1.807, 2.05) is 60.7 Å². The highest BCUT2D eigenvalue weighted by Crippen LogP contribution is 2.31. The standard InChI is InChI=1S/C25H18FN3O2S3/c1-31-20-13-6-5-12-19(20)29-22-21(34-25(29)32)23(30)28(18-10-3-2-4-11-18)24(27-22)33-15-16-8-7-9-17(26)14-16/h2-14H,15H2,1H3. The van der Waals surface area contributed by atoms with Crippen LogP contribution in [0.5, 0.6) is 5.75 Å². The van der Waals surface area contributed by atoms with Crippen molar-refractivity contribution in [3.05, 3.63) is 105 Å². The van der Waals surface area contributed by atoms with Gasteiger partial charge < -0.3 is 4.74 Å². The number of nitrogens with zero attached hydrogens (tertiary/aromatic N) is 3. The molecule has 0 saturated carbocycles. The molecule has 5 nitrogen and oxygen atoms in total. The highest BCUT2D eigenvalue weighted by Gasteiger charge is 2.20. The Labute approximate surface area is 208 Å². The molecule has 34 heavy (non-hydrogen) atoms. The molecule has 0 aliphatic rings. The van der Waals surface area contributed by atoms with Gasteiger partial charge in [0.15, 0.2) is 14.8 Å². The Morgan fingerprint density at radius 3 is 2.56 bits per heavy atom. The van der Waals surface area contributed by atoms with Crippen LogP contribution in [0.3, 0.4) is 0 Å². The summed E-state index contributed by atoms with van der Waals surface area (Å²) in [4.78, 5) is 18.6. The van der Waals surface area contributed by atoms with Gasteiger partial charge in [-0.1, -0.05) is 65.6 Å². The molecule has 0 unspecified atom stereocenters. The summed E-state index contributed by atoms with van der Waals surface area (Å²) in [7, 11) is 1.59. The molecule has 0 aliphatic carbocycles. The first-order valence-electron chi connectivity index (χ1n) is 10.3. The molecule has 2 aromatic heterocycles. The van der Waals surface area contributed by atoms with E-state index >= 15 is 0 Å². The minimum absolute atomic E-state index is 0.206. The molecule has 0 amide bonds. The van der Waals surface area contributed by atoms with Crippen molar-refractivity contribution in [2.75, 3.05) is 7.11 Å². The van der Waals surface area contributed by atoms with Crippen LogP contribution in [0.2, 0.25) is 0 Å². The van der Waals surface area contributed by atoms with Crippen LogP contribution < -0.4 is 10.3 Å². The van der Waals surface area contributed by atoms with Crippen LogP contribution in [0.4, 0.5) is 4.39 Å². The molecule has 3 aromatic carbocycles. The Bertz CT molecular complexity index is 1610. The van der Waals surface area contributed by atoms with E-state index in [9.17, 15) is 9.18 Å². The second kappa shape index (κ2) is 9.54. The second-order valence-corrected chi connectivity index (χ2v) is 9.90. The highest BCUT2D eigenvalue weighted by atomic mass is 32.2. The van der Waals surface area contributed by atoms with E-state index < -0.39 is 0 Å². The Kier molecular flexibility index (Phi) is 6.32. The summed E-state index contributed by atoms with van der Waals surface area (Å²) in [6.07, 6.45) is 0. The van der Waals surface area contributed by atoms with Crippen molar-refractivity contribution in [2.24, 2.45) is 0 Å². The van der Waals surface area contributed by atoms with Crippen molar-refractivity contribution >= 4 is 45.7 Å². The molecule has 170 valence electrons. The molecule has 0 bridgehead atoms. The maximum absolute atomic E-state index is 13.7. The lowest BCUT2D eigenvalue weighted by molar-refractivity contribution is 0.413. The third kappa shape index (κ3) is 4.18. The second-order valence-electron chi connectivity index (χ2n) is 7.32. The lowest BCUT2D eigenvalue weighted by Gasteiger charge is -2.14. The van der Waals surface area contributed by atoms with Gasteiger partial charge >= 0.3 is 0 Å². The molecule has 2 heterocycles. The van der Waals surface area contributed by atoms with Gasteiger partial charge in [-0.2, -0.15) is 0 Å². The SMILES string of the molecule is COc1ccccc1-n1c(=S)sc2c(=O)n(-c3ccccc3)c(SCc3cccc(F)c3)nc21. The minimum atomic E-state index is -0.301. The van der Waals surface area contributed by atoms with Gasteiger partial charge in [0.05, 0.1) is 18.5 Å². The summed E-state index contributed by atoms with van der Waals surface area (Å²) in [5.41, 5.74) is 2.48. The van der Waals surface area contributed by atoms with Crippen LogP contribution in [-0.2, 0) is 5.75 Å². The summed E-state index contributed by atoms with van der Waals surface area (Å²) in [6, 6.07) is 23.2. The maximum Gasteiger partial charge on any atom is 0.278 e. The number of halogens is 1. The monoisotopic (exact) mass is 507 g/mol. The van der Waals surface area contributed by atoms with E-state index in [0.29, 0.717) is 42.3 Å². The number of methoxy groups -OCH3 is 1. The van der Waals surface area contributed by atoms with Crippen molar-refractivity contribution in [3.63, 3.8) is 0 Å². The predicted octanol–water partition coefficient (Wildman–Crippen LogP) is 6.41. The van der Waals surface area contributed by atoms with E-state index in [2.05, 4.69) is 0 Å². The van der Waals surface area contributed by atoms with Crippen molar-refractivity contribution in [1.82, 2.24) is 14.1 Å². The zero-order valence-corrected chi connectivity index (χ0v) is 20.4. The van der Waals surface area contributed by atoms with E-state index in [0.717, 1.165) is 5.56 Å². The van der Waals surface area contributed by atoms with Crippen LogP contribution >= 0.6 is 35.3 Å². The van der Waals surface area contributed by atoms with Gasteiger partial charge in [-0.25, -0.2) is 9.37 Å². The van der Waals surface area contributed by atoms with Gasteiger partial charge in [0, 0.05) is 5.75 Å². The number of ether oxygens (including phenoxy) is 1. The number of hydrogen-bond acceptors (Lipinski definition) is 6. The molecule has 0 spiro atoms. The summed E-state index contributed by atoms with van der Waals surface area (Å²) in [5, 5.41) is 0.490. The first kappa shape index (κ1) is 22.5. The molecule has 0 N–H and O–H groups in total. The van der Waals surface area contributed by atoms with Crippen LogP contribution in [0.15, 0.2) is 88.8 Å². The molecule has 0 radical (unpaired) electrons. The summed E-state index contributed by atoms with van der Waals surface area (Å²) in [6.45, 7) is 0. The number of aromatic nitrogens is 3. The normalized spacial score (nSPS) is 11.1. The summed E-state index contributed by atoms with van der Waals surface area (Å²) >= 11 is 8.24. The van der Waals surface area contributed by atoms with E-state index in [1.165, 1.54) is 35.2 Å². The smallest absolute Gasteiger partial charge is 0.278 e. The van der Waals surface area contributed by atoms with Crippen molar-refractivity contribution in [2.45, 2.75) is 10.9 Å². The van der Waals surface area contributed by atoms with Gasteiger partial charge in [0.2, 0.25) is 0 Å². The Balaban J connectivity index is 1.74. The fraction of sp³-hybridized carbons (Fsp3) is 0.0800. The fourth-order valence-corrected chi connectivity index (χ4v) is 5.87. The van der Waals surface area contributed by atoms with Gasteiger partial charge in [0.1, 0.15) is 16.3 Å². The van der Waals surface area contributed by atoms with Crippen molar-refractivity contribution < 1.29 is 9.13 Å². The highest BCUT2D eigenvalue weighted by molar-refractivity contribution is 7.98. The number of thiazole rings is 1. The zero-order valence-electron chi connectivity index (χ0n) is 18.0. The third-order valence-corrected chi connectivity index (χ3v) is 7.54. The largest absolute Gasteiger partial charge is 0.495 e. The van der Waals surface area contributed by atoms with Crippen LogP contribution in [0.25, 0.3) is 21.7 Å². The molecule has 0 atom stereocenters. The molecule has 0 fully saturated rings. The van der Waals surface area contributed by atoms with Crippen molar-refractivity contribution in [3.8, 4) is 17.1 Å². The minimum Gasteiger partial charge on any atom is -0.495 e. The van der Waals surface area contributed by atoms with Crippen LogP contribution in [0.1, 0.15) is 5.56 Å². The van der Waals surface area contributed by atoms with Crippen LogP contribution in [0, 0.1) is 9.77 Å². The lowest BCUT2D eigenvalue weighted by Crippen LogP contribution is -2.21. The Morgan fingerprint density at radius 1 is 1.03 bits per heavy atom. The van der Waals surface area contributed by atoms with Crippen LogP contribution in [-0.4, -0.2) is 21.2 Å². The number of hydrogen-bond donors (Lipinski definition) is 0. The lowest BCUT2D eigenvalue weighted by atomic mass is 10.2. The molecule has 5 aromatic rings. The summed E-state index contributed by atoms with van der Waals surface area (Å²) < 4.78 is 23.6. The average molecular weight is 508 g/mol. The predicted molar refractivity (Wildman–Crippen MR) is 138 cm³/mol. The first-order chi connectivity index (χ1) is 16.6. The fourth-order valence-electron chi connectivity index (χ4n) is 3.64. The maximum atomic E-state index is 13.7. The zero-order chi connectivity index (χ0) is 23.7. The van der Waals surface area contributed by atoms with Gasteiger partial charge in [0.25, 0.3) is 5.56 Å². The number of para-hydroxylation sites is 3. The molecule has 5 rings (SSSR count). The summed E-state index contributed by atoms with van der Waals surface area (Å²) in [5.74, 6) is 0.771. The molecular formula is C25H18FN3O2S3. The molecule has 0 aliphatic heterocycles. The van der Waals surface area contributed by atoms with E-state index in [4.69, 9.17) is 21.9 Å². The van der Waals surface area contributed by atoms with Crippen molar-refractivity contribution in [1.29, 1.82) is 0 Å². The molecular weight excluding hydrogens is 489 g/mol. The first-order valence-corrected chi connectivity index (χ1v) is 12.5. The van der Waals surface area contributed by atoms with E-state index in [-0.39, 0.29) is 11.4 Å². The van der Waals surface area contributed by atoms with Gasteiger partial charge in [-0.05, 0) is 54.2 Å².